The number of anilines is 1. The Kier molecular flexibility index (Phi) is 3.26. The molecule has 5 heteroatoms. The fourth-order valence-electron chi connectivity index (χ4n) is 2.10. The third kappa shape index (κ3) is 2.18. The summed E-state index contributed by atoms with van der Waals surface area (Å²) in [6.07, 6.45) is 1.13. The van der Waals surface area contributed by atoms with Gasteiger partial charge in [-0.15, -0.1) is 0 Å². The number of carbonyl (C=O) groups excluding carboxylic acids is 1. The van der Waals surface area contributed by atoms with E-state index in [0.717, 1.165) is 17.9 Å². The highest BCUT2D eigenvalue weighted by atomic mass is 16.3. The third-order valence-electron chi connectivity index (χ3n) is 3.38. The van der Waals surface area contributed by atoms with Crippen molar-refractivity contribution in [2.24, 2.45) is 0 Å². The zero-order valence-electron chi connectivity index (χ0n) is 11.0. The van der Waals surface area contributed by atoms with Crippen molar-refractivity contribution < 1.29 is 9.90 Å². The standard InChI is InChI=1S/C13H19N3O2/c1-9(17)10-4-5-11(15-8-10)16-7-6-14-12(18)13(16,2)3/h4-5,8-9,17H,6-7H2,1-3H3,(H,14,18). The highest BCUT2D eigenvalue weighted by Gasteiger charge is 2.38. The summed E-state index contributed by atoms with van der Waals surface area (Å²) in [6, 6.07) is 3.69. The molecule has 18 heavy (non-hydrogen) atoms. The molecule has 1 amide bonds. The lowest BCUT2D eigenvalue weighted by Gasteiger charge is -2.42. The predicted octanol–water partition coefficient (Wildman–Crippen LogP) is 0.850. The first-order valence-corrected chi connectivity index (χ1v) is 6.13. The van der Waals surface area contributed by atoms with Crippen LogP contribution in [-0.4, -0.2) is 34.6 Å². The fraction of sp³-hybridized carbons (Fsp3) is 0.538. The molecule has 0 radical (unpaired) electrons. The summed E-state index contributed by atoms with van der Waals surface area (Å²) in [6.45, 7) is 6.83. The number of aliphatic hydroxyl groups is 1. The summed E-state index contributed by atoms with van der Waals surface area (Å²) in [5.41, 5.74) is 0.176. The molecule has 0 saturated carbocycles. The van der Waals surface area contributed by atoms with Gasteiger partial charge in [0.1, 0.15) is 11.4 Å². The number of nitrogens with one attached hydrogen (secondary N) is 1. The summed E-state index contributed by atoms with van der Waals surface area (Å²) in [5.74, 6) is 0.773. The van der Waals surface area contributed by atoms with E-state index < -0.39 is 11.6 Å². The molecule has 2 rings (SSSR count). The van der Waals surface area contributed by atoms with Crippen LogP contribution in [0.5, 0.6) is 0 Å². The van der Waals surface area contributed by atoms with Crippen LogP contribution >= 0.6 is 0 Å². The second-order valence-corrected chi connectivity index (χ2v) is 5.09. The second-order valence-electron chi connectivity index (χ2n) is 5.09. The molecule has 1 aliphatic heterocycles. The quantitative estimate of drug-likeness (QED) is 0.815. The highest BCUT2D eigenvalue weighted by molar-refractivity contribution is 5.90. The number of hydrogen-bond acceptors (Lipinski definition) is 4. The summed E-state index contributed by atoms with van der Waals surface area (Å²) in [4.78, 5) is 18.2. The van der Waals surface area contributed by atoms with Gasteiger partial charge in [0.25, 0.3) is 0 Å². The molecular formula is C13H19N3O2. The van der Waals surface area contributed by atoms with E-state index in [1.165, 1.54) is 0 Å². The molecule has 1 atom stereocenters. The Morgan fingerprint density at radius 2 is 2.22 bits per heavy atom. The van der Waals surface area contributed by atoms with Crippen LogP contribution in [0.1, 0.15) is 32.4 Å². The van der Waals surface area contributed by atoms with Crippen LogP contribution in [0.15, 0.2) is 18.3 Å². The van der Waals surface area contributed by atoms with Crippen LogP contribution in [-0.2, 0) is 4.79 Å². The van der Waals surface area contributed by atoms with E-state index in [4.69, 9.17) is 0 Å². The number of piperazine rings is 1. The van der Waals surface area contributed by atoms with Crippen LogP contribution in [0, 0.1) is 0 Å². The number of hydrogen-bond donors (Lipinski definition) is 2. The number of rotatable bonds is 2. The lowest BCUT2D eigenvalue weighted by atomic mass is 9.99. The Morgan fingerprint density at radius 3 is 2.78 bits per heavy atom. The minimum absolute atomic E-state index is 0.00940. The molecule has 2 N–H and O–H groups in total. The molecule has 0 spiro atoms. The predicted molar refractivity (Wildman–Crippen MR) is 69.3 cm³/mol. The highest BCUT2D eigenvalue weighted by Crippen LogP contribution is 2.25. The van der Waals surface area contributed by atoms with E-state index in [2.05, 4.69) is 10.3 Å². The largest absolute Gasteiger partial charge is 0.389 e. The van der Waals surface area contributed by atoms with Gasteiger partial charge in [-0.3, -0.25) is 4.79 Å². The fourth-order valence-corrected chi connectivity index (χ4v) is 2.10. The number of carbonyl (C=O) groups is 1. The number of aliphatic hydroxyl groups excluding tert-OH is 1. The minimum atomic E-state index is -0.600. The molecular weight excluding hydrogens is 230 g/mol. The lowest BCUT2D eigenvalue weighted by Crippen LogP contribution is -2.62. The molecule has 0 bridgehead atoms. The van der Waals surface area contributed by atoms with Crippen molar-refractivity contribution in [1.82, 2.24) is 10.3 Å². The van der Waals surface area contributed by atoms with Crippen molar-refractivity contribution in [3.8, 4) is 0 Å². The van der Waals surface area contributed by atoms with E-state index in [1.807, 2.05) is 30.9 Å². The van der Waals surface area contributed by atoms with Crippen molar-refractivity contribution in [1.29, 1.82) is 0 Å². The summed E-state index contributed by atoms with van der Waals surface area (Å²) >= 11 is 0. The number of nitrogens with zero attached hydrogens (tertiary/aromatic N) is 2. The average molecular weight is 249 g/mol. The average Bonchev–Trinajstić information content (AvgIpc) is 2.33. The number of pyridine rings is 1. The first-order chi connectivity index (χ1) is 8.43. The van der Waals surface area contributed by atoms with Gasteiger partial charge >= 0.3 is 0 Å². The molecule has 1 aliphatic rings. The smallest absolute Gasteiger partial charge is 0.245 e. The van der Waals surface area contributed by atoms with E-state index in [9.17, 15) is 9.90 Å². The molecule has 1 fully saturated rings. The Balaban J connectivity index is 2.27. The molecule has 1 aromatic rings. The van der Waals surface area contributed by atoms with E-state index >= 15 is 0 Å². The molecule has 1 aromatic heterocycles. The van der Waals surface area contributed by atoms with Crippen LogP contribution in [0.2, 0.25) is 0 Å². The lowest BCUT2D eigenvalue weighted by molar-refractivity contribution is -0.126. The second kappa shape index (κ2) is 4.57. The van der Waals surface area contributed by atoms with Gasteiger partial charge in [0.05, 0.1) is 6.10 Å². The van der Waals surface area contributed by atoms with Crippen molar-refractivity contribution in [3.63, 3.8) is 0 Å². The first-order valence-electron chi connectivity index (χ1n) is 6.13. The van der Waals surface area contributed by atoms with Crippen LogP contribution < -0.4 is 10.2 Å². The first kappa shape index (κ1) is 12.8. The van der Waals surface area contributed by atoms with E-state index in [1.54, 1.807) is 13.1 Å². The molecule has 0 aromatic carbocycles. The van der Waals surface area contributed by atoms with Crippen molar-refractivity contribution >= 4 is 11.7 Å². The maximum atomic E-state index is 11.9. The Bertz CT molecular complexity index is 440. The van der Waals surface area contributed by atoms with Gasteiger partial charge in [-0.05, 0) is 32.4 Å². The molecule has 0 aliphatic carbocycles. The van der Waals surface area contributed by atoms with Crippen LogP contribution in [0.4, 0.5) is 5.82 Å². The van der Waals surface area contributed by atoms with Gasteiger partial charge in [-0.1, -0.05) is 6.07 Å². The van der Waals surface area contributed by atoms with Crippen molar-refractivity contribution in [2.45, 2.75) is 32.4 Å². The van der Waals surface area contributed by atoms with Gasteiger partial charge in [0, 0.05) is 19.3 Å². The maximum absolute atomic E-state index is 11.9. The number of aromatic nitrogens is 1. The SMILES string of the molecule is CC(O)c1ccc(N2CCNC(=O)C2(C)C)nc1. The summed E-state index contributed by atoms with van der Waals surface area (Å²) in [5, 5.41) is 12.3. The molecule has 98 valence electrons. The normalized spacial score (nSPS) is 20.4. The van der Waals surface area contributed by atoms with Gasteiger partial charge in [-0.2, -0.15) is 0 Å². The summed E-state index contributed by atoms with van der Waals surface area (Å²) < 4.78 is 0. The van der Waals surface area contributed by atoms with Crippen molar-refractivity contribution in [3.05, 3.63) is 23.9 Å². The Morgan fingerprint density at radius 1 is 1.50 bits per heavy atom. The summed E-state index contributed by atoms with van der Waals surface area (Å²) in [7, 11) is 0. The molecule has 1 unspecified atom stereocenters. The van der Waals surface area contributed by atoms with Crippen molar-refractivity contribution in [2.75, 3.05) is 18.0 Å². The van der Waals surface area contributed by atoms with Crippen LogP contribution in [0.3, 0.4) is 0 Å². The van der Waals surface area contributed by atoms with E-state index in [0.29, 0.717) is 6.54 Å². The molecule has 5 nitrogen and oxygen atoms in total. The Hall–Kier alpha value is -1.62. The topological polar surface area (TPSA) is 65.5 Å². The maximum Gasteiger partial charge on any atom is 0.245 e. The number of amides is 1. The minimum Gasteiger partial charge on any atom is -0.389 e. The third-order valence-corrected chi connectivity index (χ3v) is 3.38. The van der Waals surface area contributed by atoms with Gasteiger partial charge in [0.15, 0.2) is 0 Å². The zero-order valence-corrected chi connectivity index (χ0v) is 11.0. The monoisotopic (exact) mass is 249 g/mol. The van der Waals surface area contributed by atoms with Gasteiger partial charge < -0.3 is 15.3 Å². The molecule has 1 saturated heterocycles. The zero-order chi connectivity index (χ0) is 13.3. The van der Waals surface area contributed by atoms with Gasteiger partial charge in [0.2, 0.25) is 5.91 Å². The van der Waals surface area contributed by atoms with Gasteiger partial charge in [-0.25, -0.2) is 4.98 Å². The molecule has 2 heterocycles. The van der Waals surface area contributed by atoms with Crippen LogP contribution in [0.25, 0.3) is 0 Å². The Labute approximate surface area is 107 Å². The van der Waals surface area contributed by atoms with E-state index in [-0.39, 0.29) is 5.91 Å².